The molecule has 0 aliphatic carbocycles. The highest BCUT2D eigenvalue weighted by atomic mass is 35.5. The maximum absolute atomic E-state index is 12.5. The number of hydrogen-bond acceptors (Lipinski definition) is 7. The maximum atomic E-state index is 12.5. The van der Waals surface area contributed by atoms with Crippen LogP contribution in [-0.2, 0) is 30.1 Å². The van der Waals surface area contributed by atoms with E-state index in [2.05, 4.69) is 20.6 Å². The molecule has 0 fully saturated rings. The van der Waals surface area contributed by atoms with Crippen molar-refractivity contribution in [3.8, 4) is 0 Å². The molecule has 30 heavy (non-hydrogen) atoms. The summed E-state index contributed by atoms with van der Waals surface area (Å²) in [6, 6.07) is 5.36. The van der Waals surface area contributed by atoms with Crippen LogP contribution in [0.4, 0.5) is 5.13 Å². The number of thioether (sulfide) groups is 1. The summed E-state index contributed by atoms with van der Waals surface area (Å²) in [4.78, 5) is 24.8. The van der Waals surface area contributed by atoms with Gasteiger partial charge in [0, 0.05) is 28.8 Å². The number of carbonyl (C=O) groups is 1. The van der Waals surface area contributed by atoms with Crippen LogP contribution in [0.1, 0.15) is 30.7 Å². The van der Waals surface area contributed by atoms with Crippen LogP contribution in [0.5, 0.6) is 0 Å². The first kappa shape index (κ1) is 21.4. The van der Waals surface area contributed by atoms with Crippen molar-refractivity contribution in [2.24, 2.45) is 0 Å². The lowest BCUT2D eigenvalue weighted by Gasteiger charge is -2.04. The summed E-state index contributed by atoms with van der Waals surface area (Å²) in [6.45, 7) is 0.498. The van der Waals surface area contributed by atoms with Crippen LogP contribution in [-0.4, -0.2) is 30.5 Å². The number of anilines is 1. The van der Waals surface area contributed by atoms with Crippen molar-refractivity contribution in [1.29, 1.82) is 0 Å². The van der Waals surface area contributed by atoms with E-state index in [0.29, 0.717) is 31.8 Å². The zero-order valence-corrected chi connectivity index (χ0v) is 19.0. The lowest BCUT2D eigenvalue weighted by atomic mass is 10.2. The van der Waals surface area contributed by atoms with E-state index in [-0.39, 0.29) is 18.1 Å². The molecule has 3 heterocycles. The molecule has 0 saturated carbocycles. The zero-order chi connectivity index (χ0) is 21.1. The predicted octanol–water partition coefficient (Wildman–Crippen LogP) is 3.86. The Morgan fingerprint density at radius 1 is 1.20 bits per heavy atom. The van der Waals surface area contributed by atoms with E-state index in [1.165, 1.54) is 27.8 Å². The van der Waals surface area contributed by atoms with Crippen molar-refractivity contribution in [1.82, 2.24) is 24.5 Å². The minimum absolute atomic E-state index is 0.157. The van der Waals surface area contributed by atoms with Crippen molar-refractivity contribution >= 4 is 57.3 Å². The SMILES string of the molecule is O=C(Cn1nc2n(c1=O)CCCCC2)Nc1nnc(SCc2c(Cl)cccc2Cl)s1. The first-order chi connectivity index (χ1) is 14.5. The number of benzene rings is 1. The number of amides is 1. The van der Waals surface area contributed by atoms with Gasteiger partial charge >= 0.3 is 5.69 Å². The topological polar surface area (TPSA) is 94.7 Å². The second-order valence-corrected chi connectivity index (χ2v) is 9.74. The Morgan fingerprint density at radius 3 is 2.80 bits per heavy atom. The average molecular weight is 485 g/mol. The summed E-state index contributed by atoms with van der Waals surface area (Å²) in [7, 11) is 0. The summed E-state index contributed by atoms with van der Waals surface area (Å²) in [5.41, 5.74) is 0.581. The van der Waals surface area contributed by atoms with Gasteiger partial charge in [-0.15, -0.1) is 10.2 Å². The monoisotopic (exact) mass is 484 g/mol. The van der Waals surface area contributed by atoms with E-state index < -0.39 is 0 Å². The number of fused-ring (bicyclic) bond motifs is 1. The number of aromatic nitrogens is 5. The summed E-state index contributed by atoms with van der Waals surface area (Å²) < 4.78 is 3.55. The lowest BCUT2D eigenvalue weighted by Crippen LogP contribution is -2.30. The van der Waals surface area contributed by atoms with E-state index in [9.17, 15) is 9.59 Å². The van der Waals surface area contributed by atoms with Gasteiger partial charge in [-0.2, -0.15) is 5.10 Å². The highest BCUT2D eigenvalue weighted by Gasteiger charge is 2.18. The Morgan fingerprint density at radius 2 is 2.00 bits per heavy atom. The quantitative estimate of drug-likeness (QED) is 0.421. The third kappa shape index (κ3) is 4.88. The van der Waals surface area contributed by atoms with E-state index in [1.54, 1.807) is 22.8 Å². The molecule has 0 spiro atoms. The van der Waals surface area contributed by atoms with Gasteiger partial charge in [0.2, 0.25) is 11.0 Å². The summed E-state index contributed by atoms with van der Waals surface area (Å²) in [6.07, 6.45) is 3.81. The van der Waals surface area contributed by atoms with Crippen LogP contribution in [0.3, 0.4) is 0 Å². The molecule has 0 unspecified atom stereocenters. The van der Waals surface area contributed by atoms with Crippen molar-refractivity contribution in [3.05, 3.63) is 50.1 Å². The Kier molecular flexibility index (Phi) is 6.77. The molecule has 1 amide bonds. The molecule has 0 atom stereocenters. The summed E-state index contributed by atoms with van der Waals surface area (Å²) in [5.74, 6) is 0.918. The Balaban J connectivity index is 1.36. The van der Waals surface area contributed by atoms with Crippen molar-refractivity contribution in [2.75, 3.05) is 5.32 Å². The van der Waals surface area contributed by atoms with Crippen molar-refractivity contribution < 1.29 is 4.79 Å². The fourth-order valence-corrected chi connectivity index (χ4v) is 5.66. The minimum atomic E-state index is -0.368. The smallest absolute Gasteiger partial charge is 0.299 e. The second kappa shape index (κ2) is 9.51. The number of carbonyl (C=O) groups excluding carboxylic acids is 1. The lowest BCUT2D eigenvalue weighted by molar-refractivity contribution is -0.117. The number of hydrogen-bond donors (Lipinski definition) is 1. The van der Waals surface area contributed by atoms with Crippen LogP contribution in [0.15, 0.2) is 27.3 Å². The van der Waals surface area contributed by atoms with Gasteiger partial charge in [0.05, 0.1) is 0 Å². The molecular formula is C18H18Cl2N6O2S2. The minimum Gasteiger partial charge on any atom is -0.299 e. The molecule has 0 radical (unpaired) electrons. The van der Waals surface area contributed by atoms with Gasteiger partial charge in [-0.25, -0.2) is 9.48 Å². The van der Waals surface area contributed by atoms with Gasteiger partial charge in [0.25, 0.3) is 0 Å². The first-order valence-electron chi connectivity index (χ1n) is 9.37. The van der Waals surface area contributed by atoms with Gasteiger partial charge in [-0.05, 0) is 30.5 Å². The molecule has 1 aliphatic rings. The van der Waals surface area contributed by atoms with Crippen molar-refractivity contribution in [2.45, 2.75) is 48.9 Å². The van der Waals surface area contributed by atoms with E-state index in [4.69, 9.17) is 23.2 Å². The van der Waals surface area contributed by atoms with Crippen LogP contribution < -0.4 is 11.0 Å². The molecule has 0 bridgehead atoms. The molecule has 8 nitrogen and oxygen atoms in total. The standard InChI is InChI=1S/C18H18Cl2N6O2S2/c19-12-5-4-6-13(20)11(12)10-29-17-23-22-16(30-17)21-15(27)9-26-18(28)25-8-3-1-2-7-14(25)24-26/h4-6H,1-3,7-10H2,(H,21,22,27). The maximum Gasteiger partial charge on any atom is 0.346 e. The molecule has 12 heteroatoms. The Bertz CT molecular complexity index is 1110. The second-order valence-electron chi connectivity index (χ2n) is 6.73. The first-order valence-corrected chi connectivity index (χ1v) is 11.9. The Labute approximate surface area is 190 Å². The fourth-order valence-electron chi connectivity index (χ4n) is 3.15. The highest BCUT2D eigenvalue weighted by molar-refractivity contribution is 8.00. The largest absolute Gasteiger partial charge is 0.346 e. The molecule has 1 aromatic carbocycles. The van der Waals surface area contributed by atoms with E-state index in [1.807, 2.05) is 0 Å². The third-order valence-corrected chi connectivity index (χ3v) is 7.34. The number of rotatable bonds is 6. The number of aryl methyl sites for hydroxylation is 1. The van der Waals surface area contributed by atoms with Crippen LogP contribution in [0.25, 0.3) is 0 Å². The zero-order valence-electron chi connectivity index (χ0n) is 15.8. The summed E-state index contributed by atoms with van der Waals surface area (Å²) in [5, 5.41) is 16.6. The van der Waals surface area contributed by atoms with Crippen LogP contribution in [0.2, 0.25) is 10.0 Å². The molecule has 0 saturated heterocycles. The molecule has 3 aromatic rings. The molecule has 4 rings (SSSR count). The summed E-state index contributed by atoms with van der Waals surface area (Å²) >= 11 is 15.0. The van der Waals surface area contributed by atoms with Gasteiger partial charge < -0.3 is 0 Å². The third-order valence-electron chi connectivity index (χ3n) is 4.63. The van der Waals surface area contributed by atoms with E-state index >= 15 is 0 Å². The molecule has 158 valence electrons. The van der Waals surface area contributed by atoms with Gasteiger partial charge in [-0.3, -0.25) is 14.7 Å². The van der Waals surface area contributed by atoms with E-state index in [0.717, 1.165) is 37.1 Å². The molecule has 1 aliphatic heterocycles. The number of halogens is 2. The molecule has 2 aromatic heterocycles. The van der Waals surface area contributed by atoms with Gasteiger partial charge in [-0.1, -0.05) is 58.8 Å². The molecule has 1 N–H and O–H groups in total. The normalized spacial score (nSPS) is 13.7. The van der Waals surface area contributed by atoms with Crippen LogP contribution in [0, 0.1) is 0 Å². The Hall–Kier alpha value is -1.88. The van der Waals surface area contributed by atoms with Gasteiger partial charge in [0.1, 0.15) is 12.4 Å². The van der Waals surface area contributed by atoms with Crippen LogP contribution >= 0.6 is 46.3 Å². The van der Waals surface area contributed by atoms with Gasteiger partial charge in [0.15, 0.2) is 4.34 Å². The van der Waals surface area contributed by atoms with Crippen molar-refractivity contribution in [3.63, 3.8) is 0 Å². The number of nitrogens with one attached hydrogen (secondary N) is 1. The predicted molar refractivity (Wildman–Crippen MR) is 119 cm³/mol. The fraction of sp³-hybridized carbons (Fsp3) is 0.389. The number of nitrogens with zero attached hydrogens (tertiary/aromatic N) is 5. The average Bonchev–Trinajstić information content (AvgIpc) is 3.17. The highest BCUT2D eigenvalue weighted by Crippen LogP contribution is 2.33. The molecular weight excluding hydrogens is 467 g/mol.